The second-order valence-electron chi connectivity index (χ2n) is 5.86. The van der Waals surface area contributed by atoms with Gasteiger partial charge in [-0.15, -0.1) is 0 Å². The maximum atomic E-state index is 12.2. The molecule has 0 bridgehead atoms. The van der Waals surface area contributed by atoms with Gasteiger partial charge in [-0.25, -0.2) is 4.98 Å². The molecule has 1 N–H and O–H groups in total. The molecule has 2 heterocycles. The van der Waals surface area contributed by atoms with E-state index in [0.717, 1.165) is 18.6 Å². The van der Waals surface area contributed by atoms with E-state index in [0.29, 0.717) is 42.8 Å². The molecular weight excluding hydrogens is 356 g/mol. The normalized spacial score (nSPS) is 14.7. The van der Waals surface area contributed by atoms with E-state index < -0.39 is 0 Å². The van der Waals surface area contributed by atoms with Gasteiger partial charge in [0.15, 0.2) is 0 Å². The van der Waals surface area contributed by atoms with Crippen LogP contribution >= 0.6 is 11.6 Å². The van der Waals surface area contributed by atoms with Crippen molar-refractivity contribution in [1.82, 2.24) is 10.3 Å². The molecule has 26 heavy (non-hydrogen) atoms. The maximum Gasteiger partial charge on any atom is 0.253 e. The summed E-state index contributed by atoms with van der Waals surface area (Å²) >= 11 is 6.21. The van der Waals surface area contributed by atoms with Gasteiger partial charge in [0.25, 0.3) is 5.91 Å². The SMILES string of the molecule is O=C(NCCOc1ccccc1)c1cnc(OC2CCOCC2)c(Cl)c1. The van der Waals surface area contributed by atoms with Gasteiger partial charge >= 0.3 is 0 Å². The van der Waals surface area contributed by atoms with Gasteiger partial charge in [-0.1, -0.05) is 29.8 Å². The molecule has 0 atom stereocenters. The summed E-state index contributed by atoms with van der Waals surface area (Å²) in [7, 11) is 0. The van der Waals surface area contributed by atoms with Gasteiger partial charge in [0.2, 0.25) is 5.88 Å². The third-order valence-corrected chi connectivity index (χ3v) is 4.19. The molecule has 6 nitrogen and oxygen atoms in total. The van der Waals surface area contributed by atoms with Gasteiger partial charge in [-0.3, -0.25) is 4.79 Å². The lowest BCUT2D eigenvalue weighted by molar-refractivity contribution is 0.0238. The van der Waals surface area contributed by atoms with Crippen molar-refractivity contribution in [2.24, 2.45) is 0 Å². The lowest BCUT2D eigenvalue weighted by Gasteiger charge is -2.23. The summed E-state index contributed by atoms with van der Waals surface area (Å²) in [6, 6.07) is 11.0. The van der Waals surface area contributed by atoms with Crippen molar-refractivity contribution in [3.05, 3.63) is 53.2 Å². The fourth-order valence-corrected chi connectivity index (χ4v) is 2.75. The van der Waals surface area contributed by atoms with Crippen molar-refractivity contribution >= 4 is 17.5 Å². The first-order valence-corrected chi connectivity index (χ1v) is 8.96. The Morgan fingerprint density at radius 3 is 2.77 bits per heavy atom. The smallest absolute Gasteiger partial charge is 0.253 e. The van der Waals surface area contributed by atoms with E-state index in [1.165, 1.54) is 6.20 Å². The predicted molar refractivity (Wildman–Crippen MR) is 98.0 cm³/mol. The quantitative estimate of drug-likeness (QED) is 0.752. The number of ether oxygens (including phenoxy) is 3. The molecule has 0 saturated carbocycles. The highest BCUT2D eigenvalue weighted by Crippen LogP contribution is 2.25. The van der Waals surface area contributed by atoms with Crippen LogP contribution in [0.3, 0.4) is 0 Å². The molecule has 2 aromatic rings. The Morgan fingerprint density at radius 1 is 1.27 bits per heavy atom. The summed E-state index contributed by atoms with van der Waals surface area (Å²) in [5.41, 5.74) is 0.383. The van der Waals surface area contributed by atoms with E-state index in [1.54, 1.807) is 6.07 Å². The number of aromatic nitrogens is 1. The summed E-state index contributed by atoms with van der Waals surface area (Å²) in [5, 5.41) is 3.10. The first-order chi connectivity index (χ1) is 12.7. The number of halogens is 1. The second-order valence-corrected chi connectivity index (χ2v) is 6.27. The third-order valence-electron chi connectivity index (χ3n) is 3.92. The summed E-state index contributed by atoms with van der Waals surface area (Å²) < 4.78 is 16.6. The zero-order valence-electron chi connectivity index (χ0n) is 14.3. The van der Waals surface area contributed by atoms with Gasteiger partial charge in [0, 0.05) is 19.0 Å². The van der Waals surface area contributed by atoms with Gasteiger partial charge in [0.05, 0.1) is 25.3 Å². The number of pyridine rings is 1. The summed E-state index contributed by atoms with van der Waals surface area (Å²) in [6.45, 7) is 2.11. The molecule has 7 heteroatoms. The van der Waals surface area contributed by atoms with Crippen LogP contribution in [0.5, 0.6) is 11.6 Å². The molecule has 3 rings (SSSR count). The molecule has 1 saturated heterocycles. The molecule has 1 aromatic heterocycles. The Morgan fingerprint density at radius 2 is 2.04 bits per heavy atom. The molecule has 1 aromatic carbocycles. The van der Waals surface area contributed by atoms with Gasteiger partial charge in [-0.2, -0.15) is 0 Å². The number of nitrogens with one attached hydrogen (secondary N) is 1. The molecular formula is C19H21ClN2O4. The lowest BCUT2D eigenvalue weighted by atomic mass is 10.1. The number of rotatable bonds is 7. The number of hydrogen-bond acceptors (Lipinski definition) is 5. The number of carbonyl (C=O) groups is 1. The van der Waals surface area contributed by atoms with Crippen molar-refractivity contribution in [3.8, 4) is 11.6 Å². The molecule has 1 amide bonds. The first kappa shape index (κ1) is 18.5. The van der Waals surface area contributed by atoms with E-state index >= 15 is 0 Å². The Balaban J connectivity index is 1.47. The monoisotopic (exact) mass is 376 g/mol. The van der Waals surface area contributed by atoms with Crippen LogP contribution in [-0.4, -0.2) is 43.4 Å². The van der Waals surface area contributed by atoms with Crippen molar-refractivity contribution in [2.45, 2.75) is 18.9 Å². The van der Waals surface area contributed by atoms with Crippen LogP contribution in [0.15, 0.2) is 42.6 Å². The highest BCUT2D eigenvalue weighted by molar-refractivity contribution is 6.32. The molecule has 0 radical (unpaired) electrons. The fraction of sp³-hybridized carbons (Fsp3) is 0.368. The number of benzene rings is 1. The van der Waals surface area contributed by atoms with E-state index in [9.17, 15) is 4.79 Å². The Kier molecular flexibility index (Phi) is 6.68. The molecule has 138 valence electrons. The highest BCUT2D eigenvalue weighted by Gasteiger charge is 2.18. The zero-order chi connectivity index (χ0) is 18.2. The van der Waals surface area contributed by atoms with Crippen LogP contribution in [0.25, 0.3) is 0 Å². The van der Waals surface area contributed by atoms with Gasteiger partial charge < -0.3 is 19.5 Å². The molecule has 0 unspecified atom stereocenters. The van der Waals surface area contributed by atoms with E-state index in [1.807, 2.05) is 30.3 Å². The van der Waals surface area contributed by atoms with Crippen molar-refractivity contribution in [3.63, 3.8) is 0 Å². The summed E-state index contributed by atoms with van der Waals surface area (Å²) in [4.78, 5) is 16.4. The average molecular weight is 377 g/mol. The van der Waals surface area contributed by atoms with Crippen molar-refractivity contribution in [2.75, 3.05) is 26.4 Å². The van der Waals surface area contributed by atoms with Crippen LogP contribution in [0.1, 0.15) is 23.2 Å². The summed E-state index contributed by atoms with van der Waals surface area (Å²) in [6.07, 6.45) is 3.13. The minimum absolute atomic E-state index is 0.0450. The second kappa shape index (κ2) is 9.40. The fourth-order valence-electron chi connectivity index (χ4n) is 2.54. The van der Waals surface area contributed by atoms with Crippen LogP contribution in [0, 0.1) is 0 Å². The first-order valence-electron chi connectivity index (χ1n) is 8.58. The molecule has 1 aliphatic heterocycles. The maximum absolute atomic E-state index is 12.2. The molecule has 1 fully saturated rings. The average Bonchev–Trinajstić information content (AvgIpc) is 2.68. The van der Waals surface area contributed by atoms with Crippen molar-refractivity contribution in [1.29, 1.82) is 0 Å². The van der Waals surface area contributed by atoms with Crippen molar-refractivity contribution < 1.29 is 19.0 Å². The number of para-hydroxylation sites is 1. The number of hydrogen-bond donors (Lipinski definition) is 1. The predicted octanol–water partition coefficient (Wildman–Crippen LogP) is 3.10. The minimum atomic E-state index is -0.256. The van der Waals surface area contributed by atoms with Crippen LogP contribution in [0.4, 0.5) is 0 Å². The number of nitrogens with zero attached hydrogens (tertiary/aromatic N) is 1. The lowest BCUT2D eigenvalue weighted by Crippen LogP contribution is -2.28. The van der Waals surface area contributed by atoms with Crippen LogP contribution in [0.2, 0.25) is 5.02 Å². The topological polar surface area (TPSA) is 69.7 Å². The molecule has 0 aliphatic carbocycles. The number of amides is 1. The van der Waals surface area contributed by atoms with Gasteiger partial charge in [-0.05, 0) is 18.2 Å². The van der Waals surface area contributed by atoms with Crippen LogP contribution in [-0.2, 0) is 4.74 Å². The summed E-state index contributed by atoms with van der Waals surface area (Å²) in [5.74, 6) is 0.859. The minimum Gasteiger partial charge on any atom is -0.492 e. The van der Waals surface area contributed by atoms with E-state index in [4.69, 9.17) is 25.8 Å². The largest absolute Gasteiger partial charge is 0.492 e. The zero-order valence-corrected chi connectivity index (χ0v) is 15.1. The Labute approximate surface area is 157 Å². The van der Waals surface area contributed by atoms with Crippen LogP contribution < -0.4 is 14.8 Å². The third kappa shape index (κ3) is 5.34. The highest BCUT2D eigenvalue weighted by atomic mass is 35.5. The molecule has 1 aliphatic rings. The Bertz CT molecular complexity index is 721. The molecule has 0 spiro atoms. The standard InChI is InChI=1S/C19H21ClN2O4/c20-17-12-14(13-22-19(17)26-16-6-9-24-10-7-16)18(23)21-8-11-25-15-4-2-1-3-5-15/h1-5,12-13,16H,6-11H2,(H,21,23). The van der Waals surface area contributed by atoms with E-state index in [2.05, 4.69) is 10.3 Å². The van der Waals surface area contributed by atoms with E-state index in [-0.39, 0.29) is 12.0 Å². The Hall–Kier alpha value is -2.31. The number of carbonyl (C=O) groups excluding carboxylic acids is 1. The van der Waals surface area contributed by atoms with Gasteiger partial charge in [0.1, 0.15) is 23.5 Å².